The molecule has 0 aliphatic carbocycles. The normalized spacial score (nSPS) is 13.1. The molecule has 0 radical (unpaired) electrons. The van der Waals surface area contributed by atoms with Crippen LogP contribution in [0.2, 0.25) is 0 Å². The van der Waals surface area contributed by atoms with Crippen LogP contribution in [0.5, 0.6) is 11.5 Å². The van der Waals surface area contributed by atoms with Gasteiger partial charge in [0.1, 0.15) is 5.82 Å². The molecule has 1 aromatic carbocycles. The van der Waals surface area contributed by atoms with Gasteiger partial charge in [0, 0.05) is 18.7 Å². The average Bonchev–Trinajstić information content (AvgIpc) is 2.88. The second-order valence-electron chi connectivity index (χ2n) is 4.07. The second-order valence-corrected chi connectivity index (χ2v) is 4.07. The van der Waals surface area contributed by atoms with E-state index in [1.165, 1.54) is 0 Å². The van der Waals surface area contributed by atoms with Crippen molar-refractivity contribution in [3.8, 4) is 22.8 Å². The largest absolute Gasteiger partial charge is 0.453 e. The first-order valence-electron chi connectivity index (χ1n) is 5.36. The molecule has 5 heteroatoms. The van der Waals surface area contributed by atoms with E-state index in [1.807, 2.05) is 32.2 Å². The van der Waals surface area contributed by atoms with E-state index in [2.05, 4.69) is 5.10 Å². The van der Waals surface area contributed by atoms with Gasteiger partial charge in [0.05, 0.1) is 5.69 Å². The Hall–Kier alpha value is -2.17. The molecule has 0 atom stereocenters. The van der Waals surface area contributed by atoms with Crippen molar-refractivity contribution >= 4 is 5.82 Å². The highest BCUT2D eigenvalue weighted by molar-refractivity contribution is 5.74. The molecule has 0 saturated carbocycles. The summed E-state index contributed by atoms with van der Waals surface area (Å²) in [7, 11) is 1.81. The van der Waals surface area contributed by atoms with Crippen molar-refractivity contribution in [2.24, 2.45) is 7.05 Å². The molecule has 5 nitrogen and oxygen atoms in total. The summed E-state index contributed by atoms with van der Waals surface area (Å²) < 4.78 is 12.6. The maximum absolute atomic E-state index is 5.78. The molecule has 1 aliphatic rings. The molecular formula is C12H13N3O2. The van der Waals surface area contributed by atoms with E-state index in [-0.39, 0.29) is 6.79 Å². The Morgan fingerprint density at radius 2 is 2.06 bits per heavy atom. The summed E-state index contributed by atoms with van der Waals surface area (Å²) in [5.74, 6) is 2.17. The third-order valence-corrected chi connectivity index (χ3v) is 2.91. The highest BCUT2D eigenvalue weighted by atomic mass is 16.7. The van der Waals surface area contributed by atoms with E-state index < -0.39 is 0 Å². The van der Waals surface area contributed by atoms with Crippen molar-refractivity contribution in [3.63, 3.8) is 0 Å². The van der Waals surface area contributed by atoms with Crippen LogP contribution in [-0.4, -0.2) is 16.6 Å². The minimum atomic E-state index is 0.259. The molecule has 0 bridgehead atoms. The van der Waals surface area contributed by atoms with Gasteiger partial charge in [-0.15, -0.1) is 0 Å². The molecule has 2 aromatic rings. The minimum absolute atomic E-state index is 0.259. The van der Waals surface area contributed by atoms with Crippen LogP contribution in [0.25, 0.3) is 11.3 Å². The number of hydrogen-bond acceptors (Lipinski definition) is 4. The van der Waals surface area contributed by atoms with Gasteiger partial charge in [0.25, 0.3) is 0 Å². The Kier molecular flexibility index (Phi) is 2.01. The first-order valence-corrected chi connectivity index (χ1v) is 5.36. The molecule has 2 N–H and O–H groups in total. The van der Waals surface area contributed by atoms with Crippen LogP contribution in [-0.2, 0) is 7.05 Å². The van der Waals surface area contributed by atoms with Crippen LogP contribution in [0, 0.1) is 6.92 Å². The van der Waals surface area contributed by atoms with Crippen molar-refractivity contribution in [2.75, 3.05) is 12.5 Å². The monoisotopic (exact) mass is 231 g/mol. The van der Waals surface area contributed by atoms with E-state index in [0.717, 1.165) is 28.3 Å². The second kappa shape index (κ2) is 3.41. The van der Waals surface area contributed by atoms with E-state index >= 15 is 0 Å². The molecule has 0 unspecified atom stereocenters. The topological polar surface area (TPSA) is 62.3 Å². The highest BCUT2D eigenvalue weighted by Crippen LogP contribution is 2.43. The lowest BCUT2D eigenvalue weighted by molar-refractivity contribution is 0.173. The molecule has 0 spiro atoms. The summed E-state index contributed by atoms with van der Waals surface area (Å²) in [6, 6.07) is 5.80. The lowest BCUT2D eigenvalue weighted by Gasteiger charge is -2.04. The van der Waals surface area contributed by atoms with Gasteiger partial charge < -0.3 is 15.2 Å². The van der Waals surface area contributed by atoms with Gasteiger partial charge >= 0.3 is 0 Å². The van der Waals surface area contributed by atoms with Crippen molar-refractivity contribution in [2.45, 2.75) is 6.92 Å². The fraction of sp³-hybridized carbons (Fsp3) is 0.250. The average molecular weight is 231 g/mol. The number of nitrogens with zero attached hydrogens (tertiary/aromatic N) is 2. The third-order valence-electron chi connectivity index (χ3n) is 2.91. The Bertz CT molecular complexity index is 570. The molecular weight excluding hydrogens is 218 g/mol. The standard InChI is InChI=1S/C12H13N3O2/c1-7-3-4-8(12-11(7)16-6-17-12)9-5-10(13)15(2)14-9/h3-5H,6,13H2,1-2H3. The van der Waals surface area contributed by atoms with E-state index in [4.69, 9.17) is 15.2 Å². The number of rotatable bonds is 1. The maximum Gasteiger partial charge on any atom is 0.231 e. The molecule has 17 heavy (non-hydrogen) atoms. The number of benzene rings is 1. The molecule has 0 fully saturated rings. The zero-order valence-electron chi connectivity index (χ0n) is 9.73. The number of nitrogen functional groups attached to an aromatic ring is 1. The third kappa shape index (κ3) is 1.43. The number of aromatic nitrogens is 2. The minimum Gasteiger partial charge on any atom is -0.453 e. The molecule has 3 rings (SSSR count). The van der Waals surface area contributed by atoms with Crippen LogP contribution < -0.4 is 15.2 Å². The number of hydrogen-bond donors (Lipinski definition) is 1. The maximum atomic E-state index is 5.78. The summed E-state index contributed by atoms with van der Waals surface area (Å²) in [6.45, 7) is 2.25. The van der Waals surface area contributed by atoms with E-state index in [0.29, 0.717) is 5.82 Å². The summed E-state index contributed by atoms with van der Waals surface area (Å²) in [5.41, 5.74) is 8.55. The SMILES string of the molecule is Cc1ccc(-c2cc(N)n(C)n2)c2c1OCO2. The van der Waals surface area contributed by atoms with Crippen molar-refractivity contribution in [1.29, 1.82) is 0 Å². The number of nitrogens with two attached hydrogens (primary N) is 1. The number of aryl methyl sites for hydroxylation is 2. The Balaban J connectivity index is 2.19. The summed E-state index contributed by atoms with van der Waals surface area (Å²) >= 11 is 0. The van der Waals surface area contributed by atoms with Crippen LogP contribution in [0.1, 0.15) is 5.56 Å². The van der Waals surface area contributed by atoms with Gasteiger partial charge in [0.15, 0.2) is 11.5 Å². The highest BCUT2D eigenvalue weighted by Gasteiger charge is 2.22. The zero-order chi connectivity index (χ0) is 12.0. The first kappa shape index (κ1) is 10.0. The Morgan fingerprint density at radius 1 is 1.29 bits per heavy atom. The number of ether oxygens (including phenoxy) is 2. The molecule has 1 aliphatic heterocycles. The van der Waals surface area contributed by atoms with Gasteiger partial charge in [-0.2, -0.15) is 5.10 Å². The molecule has 2 heterocycles. The fourth-order valence-corrected chi connectivity index (χ4v) is 1.95. The van der Waals surface area contributed by atoms with Crippen LogP contribution >= 0.6 is 0 Å². The van der Waals surface area contributed by atoms with E-state index in [1.54, 1.807) is 4.68 Å². The Morgan fingerprint density at radius 3 is 2.76 bits per heavy atom. The molecule has 88 valence electrons. The first-order chi connectivity index (χ1) is 8.16. The van der Waals surface area contributed by atoms with Crippen LogP contribution in [0.4, 0.5) is 5.82 Å². The van der Waals surface area contributed by atoms with Gasteiger partial charge in [-0.1, -0.05) is 6.07 Å². The Labute approximate surface area is 98.8 Å². The lowest BCUT2D eigenvalue weighted by atomic mass is 10.1. The predicted molar refractivity (Wildman–Crippen MR) is 63.9 cm³/mol. The van der Waals surface area contributed by atoms with Gasteiger partial charge in [-0.05, 0) is 18.6 Å². The summed E-state index contributed by atoms with van der Waals surface area (Å²) in [6.07, 6.45) is 0. The molecule has 0 saturated heterocycles. The van der Waals surface area contributed by atoms with Gasteiger partial charge in [-0.25, -0.2) is 0 Å². The van der Waals surface area contributed by atoms with Crippen LogP contribution in [0.3, 0.4) is 0 Å². The lowest BCUT2D eigenvalue weighted by Crippen LogP contribution is -1.96. The van der Waals surface area contributed by atoms with E-state index in [9.17, 15) is 0 Å². The zero-order valence-corrected chi connectivity index (χ0v) is 9.73. The van der Waals surface area contributed by atoms with Gasteiger partial charge in [0.2, 0.25) is 6.79 Å². The molecule has 0 amide bonds. The number of fused-ring (bicyclic) bond motifs is 1. The van der Waals surface area contributed by atoms with Gasteiger partial charge in [-0.3, -0.25) is 4.68 Å². The fourth-order valence-electron chi connectivity index (χ4n) is 1.95. The quantitative estimate of drug-likeness (QED) is 0.811. The summed E-state index contributed by atoms with van der Waals surface area (Å²) in [5, 5.41) is 4.34. The molecule has 1 aromatic heterocycles. The van der Waals surface area contributed by atoms with Crippen molar-refractivity contribution in [1.82, 2.24) is 9.78 Å². The van der Waals surface area contributed by atoms with Crippen LogP contribution in [0.15, 0.2) is 18.2 Å². The van der Waals surface area contributed by atoms with Crippen molar-refractivity contribution in [3.05, 3.63) is 23.8 Å². The predicted octanol–water partition coefficient (Wildman–Crippen LogP) is 1.71. The number of anilines is 1. The smallest absolute Gasteiger partial charge is 0.231 e. The van der Waals surface area contributed by atoms with Crippen molar-refractivity contribution < 1.29 is 9.47 Å². The summed E-state index contributed by atoms with van der Waals surface area (Å²) in [4.78, 5) is 0.